The van der Waals surface area contributed by atoms with Gasteiger partial charge in [0.05, 0.1) is 65.0 Å². The highest BCUT2D eigenvalue weighted by molar-refractivity contribution is 5.78. The Hall–Kier alpha value is -1.75. The zero-order valence-electron chi connectivity index (χ0n) is 25.7. The molecule has 0 bridgehead atoms. The summed E-state index contributed by atoms with van der Waals surface area (Å²) in [5, 5.41) is 0. The quantitative estimate of drug-likeness (QED) is 0.231. The molecule has 0 radical (unpaired) electrons. The molecule has 1 aromatic carbocycles. The Bertz CT molecular complexity index is 889. The molecule has 0 aromatic heterocycles. The maximum atomic E-state index is 13.7. The Morgan fingerprint density at radius 1 is 0.805 bits per heavy atom. The van der Waals surface area contributed by atoms with Crippen molar-refractivity contribution in [3.63, 3.8) is 0 Å². The Morgan fingerprint density at radius 2 is 1.37 bits per heavy atom. The summed E-state index contributed by atoms with van der Waals surface area (Å²) in [7, 11) is 6.07. The van der Waals surface area contributed by atoms with E-state index in [0.717, 1.165) is 38.8 Å². The third-order valence-electron chi connectivity index (χ3n) is 9.45. The Kier molecular flexibility index (Phi) is 12.7. The van der Waals surface area contributed by atoms with Gasteiger partial charge in [-0.05, 0) is 64.1 Å². The summed E-state index contributed by atoms with van der Waals surface area (Å²) >= 11 is 0. The number of methoxy groups -OCH3 is 1. The first-order chi connectivity index (χ1) is 20.0. The van der Waals surface area contributed by atoms with Crippen LogP contribution in [0.4, 0.5) is 4.79 Å². The van der Waals surface area contributed by atoms with E-state index in [4.69, 9.17) is 23.7 Å². The van der Waals surface area contributed by atoms with Crippen molar-refractivity contribution < 1.29 is 28.5 Å². The van der Waals surface area contributed by atoms with Crippen LogP contribution in [0.3, 0.4) is 0 Å². The van der Waals surface area contributed by atoms with E-state index in [1.165, 1.54) is 24.8 Å². The van der Waals surface area contributed by atoms with E-state index < -0.39 is 0 Å². The topological polar surface area (TPSA) is 72.9 Å². The van der Waals surface area contributed by atoms with Gasteiger partial charge in [-0.3, -0.25) is 4.90 Å². The smallest absolute Gasteiger partial charge is 0.320 e. The fraction of sp³-hybridized carbons (Fsp3) is 0.781. The molecule has 1 spiro atoms. The number of benzene rings is 1. The monoisotopic (exact) mass is 575 g/mol. The van der Waals surface area contributed by atoms with Crippen LogP contribution in [0.15, 0.2) is 30.3 Å². The van der Waals surface area contributed by atoms with Crippen LogP contribution in [-0.2, 0) is 29.2 Å². The Balaban J connectivity index is 1.20. The van der Waals surface area contributed by atoms with Gasteiger partial charge in [0.2, 0.25) is 0 Å². The van der Waals surface area contributed by atoms with Crippen LogP contribution < -0.4 is 0 Å². The number of nitrogens with zero attached hydrogens (tertiary/aromatic N) is 3. The van der Waals surface area contributed by atoms with E-state index in [-0.39, 0.29) is 17.1 Å². The minimum atomic E-state index is -0.0705. The number of rotatable bonds is 19. The Morgan fingerprint density at radius 3 is 1.88 bits per heavy atom. The third kappa shape index (κ3) is 8.42. The van der Waals surface area contributed by atoms with Crippen LogP contribution in [0.1, 0.15) is 50.5 Å². The van der Waals surface area contributed by atoms with Gasteiger partial charge >= 0.3 is 6.03 Å². The van der Waals surface area contributed by atoms with Crippen LogP contribution in [0.2, 0.25) is 0 Å². The first kappa shape index (κ1) is 32.2. The summed E-state index contributed by atoms with van der Waals surface area (Å²) in [5.41, 5.74) is 1.34. The molecule has 1 heterocycles. The first-order valence-electron chi connectivity index (χ1n) is 15.6. The zero-order valence-corrected chi connectivity index (χ0v) is 25.7. The van der Waals surface area contributed by atoms with Gasteiger partial charge in [0, 0.05) is 32.3 Å². The van der Waals surface area contributed by atoms with E-state index in [1.54, 1.807) is 7.11 Å². The largest absolute Gasteiger partial charge is 0.382 e. The predicted molar refractivity (Wildman–Crippen MR) is 159 cm³/mol. The predicted octanol–water partition coefficient (Wildman–Crippen LogP) is 4.01. The van der Waals surface area contributed by atoms with Gasteiger partial charge in [-0.1, -0.05) is 36.8 Å². The van der Waals surface area contributed by atoms with Gasteiger partial charge in [0.15, 0.2) is 0 Å². The molecule has 3 aliphatic rings. The molecule has 0 unspecified atom stereocenters. The molecule has 1 aromatic rings. The first-order valence-corrected chi connectivity index (χ1v) is 15.6. The fourth-order valence-corrected chi connectivity index (χ4v) is 6.64. The molecule has 41 heavy (non-hydrogen) atoms. The van der Waals surface area contributed by atoms with Gasteiger partial charge in [-0.25, -0.2) is 4.79 Å². The van der Waals surface area contributed by atoms with Crippen LogP contribution in [0.25, 0.3) is 0 Å². The number of urea groups is 1. The molecule has 1 saturated heterocycles. The second-order valence-electron chi connectivity index (χ2n) is 12.1. The minimum absolute atomic E-state index is 0.0249. The second-order valence-corrected chi connectivity index (χ2v) is 12.1. The summed E-state index contributed by atoms with van der Waals surface area (Å²) in [6, 6.07) is 11.1. The van der Waals surface area contributed by atoms with Crippen molar-refractivity contribution in [1.82, 2.24) is 14.7 Å². The summed E-state index contributed by atoms with van der Waals surface area (Å²) < 4.78 is 27.3. The van der Waals surface area contributed by atoms with Gasteiger partial charge < -0.3 is 33.5 Å². The van der Waals surface area contributed by atoms with Gasteiger partial charge in [-0.2, -0.15) is 0 Å². The van der Waals surface area contributed by atoms with Crippen LogP contribution >= 0.6 is 0 Å². The third-order valence-corrected chi connectivity index (χ3v) is 9.45. The van der Waals surface area contributed by atoms with Crippen molar-refractivity contribution in [3.8, 4) is 0 Å². The molecule has 2 amide bonds. The van der Waals surface area contributed by atoms with E-state index in [1.807, 2.05) is 4.90 Å². The summed E-state index contributed by atoms with van der Waals surface area (Å²) in [5.74, 6) is 0.658. The number of carbonyl (C=O) groups excluding carboxylic acids is 1. The number of amides is 2. The van der Waals surface area contributed by atoms with Gasteiger partial charge in [0.1, 0.15) is 0 Å². The molecule has 3 fully saturated rings. The van der Waals surface area contributed by atoms with Gasteiger partial charge in [-0.15, -0.1) is 0 Å². The molecule has 0 N–H and O–H groups in total. The van der Waals surface area contributed by atoms with E-state index >= 15 is 0 Å². The lowest BCUT2D eigenvalue weighted by Gasteiger charge is -2.51. The maximum Gasteiger partial charge on any atom is 0.320 e. The average molecular weight is 576 g/mol. The molecule has 2 saturated carbocycles. The van der Waals surface area contributed by atoms with E-state index in [0.29, 0.717) is 71.9 Å². The standard InChI is InChI=1S/C32H53N3O6/c1-33(2)32(29-10-5-4-6-11-29)14-12-31(13-15-32)27-34(30(36)35(31)26-28-8-7-9-28)16-17-38-20-21-40-24-25-41-23-22-39-19-18-37-3/h4-6,10-11,28H,7-9,12-27H2,1-3H3/t31-,32-. The maximum absolute atomic E-state index is 13.7. The highest BCUT2D eigenvalue weighted by atomic mass is 16.6. The molecular weight excluding hydrogens is 522 g/mol. The molecule has 4 rings (SSSR count). The highest BCUT2D eigenvalue weighted by Crippen LogP contribution is 2.49. The normalized spacial score (nSPS) is 25.0. The van der Waals surface area contributed by atoms with Crippen molar-refractivity contribution in [2.24, 2.45) is 5.92 Å². The van der Waals surface area contributed by atoms with Crippen molar-refractivity contribution in [2.45, 2.75) is 56.0 Å². The fourth-order valence-electron chi connectivity index (χ4n) is 6.64. The molecule has 9 heteroatoms. The van der Waals surface area contributed by atoms with Crippen LogP contribution in [0, 0.1) is 5.92 Å². The van der Waals surface area contributed by atoms with Crippen LogP contribution in [-0.4, -0.2) is 127 Å². The lowest BCUT2D eigenvalue weighted by Crippen LogP contribution is -2.56. The summed E-state index contributed by atoms with van der Waals surface area (Å²) in [4.78, 5) is 20.4. The van der Waals surface area contributed by atoms with Crippen molar-refractivity contribution in [2.75, 3.05) is 100 Å². The molecule has 0 atom stereocenters. The van der Waals surface area contributed by atoms with Crippen molar-refractivity contribution in [3.05, 3.63) is 35.9 Å². The van der Waals surface area contributed by atoms with E-state index in [9.17, 15) is 4.79 Å². The number of carbonyl (C=O) groups is 1. The summed E-state index contributed by atoms with van der Waals surface area (Å²) in [6.07, 6.45) is 7.99. The number of hydrogen-bond donors (Lipinski definition) is 0. The SMILES string of the molecule is COCCOCCOCCOCCOCCN1C[C@]2(CC[C@@](c3ccccc3)(N(C)C)CC2)N(CC2CCC2)C1=O. The minimum Gasteiger partial charge on any atom is -0.382 e. The number of hydrogen-bond acceptors (Lipinski definition) is 7. The summed E-state index contributed by atoms with van der Waals surface area (Å²) in [6.45, 7) is 7.27. The highest BCUT2D eigenvalue weighted by Gasteiger charge is 2.54. The van der Waals surface area contributed by atoms with Crippen molar-refractivity contribution >= 4 is 6.03 Å². The van der Waals surface area contributed by atoms with E-state index in [2.05, 4.69) is 54.2 Å². The lowest BCUT2D eigenvalue weighted by molar-refractivity contribution is -0.00873. The van der Waals surface area contributed by atoms with Gasteiger partial charge in [0.25, 0.3) is 0 Å². The molecule has 9 nitrogen and oxygen atoms in total. The molecule has 232 valence electrons. The molecular formula is C32H53N3O6. The van der Waals surface area contributed by atoms with Crippen LogP contribution in [0.5, 0.6) is 0 Å². The second kappa shape index (κ2) is 16.2. The molecule has 1 aliphatic heterocycles. The molecule has 2 aliphatic carbocycles. The zero-order chi connectivity index (χ0) is 29.0. The average Bonchev–Trinajstić information content (AvgIpc) is 3.21. The van der Waals surface area contributed by atoms with Crippen molar-refractivity contribution in [1.29, 1.82) is 0 Å². The Labute approximate surface area is 247 Å². The number of ether oxygens (including phenoxy) is 5. The lowest BCUT2D eigenvalue weighted by atomic mass is 9.68.